The number of esters is 1. The molecule has 0 radical (unpaired) electrons. The lowest BCUT2D eigenvalue weighted by Crippen LogP contribution is -2.30. The predicted molar refractivity (Wildman–Crippen MR) is 114 cm³/mol. The van der Waals surface area contributed by atoms with E-state index in [0.717, 1.165) is 44.9 Å². The molecule has 158 valence electrons. The Kier molecular flexibility index (Phi) is 11.5. The minimum absolute atomic E-state index is 0.00545. The van der Waals surface area contributed by atoms with E-state index in [1.54, 1.807) is 18.2 Å². The van der Waals surface area contributed by atoms with Crippen molar-refractivity contribution >= 4 is 11.9 Å². The Morgan fingerprint density at radius 3 is 2.07 bits per heavy atom. The predicted octanol–water partition coefficient (Wildman–Crippen LogP) is 6.73. The Morgan fingerprint density at radius 2 is 1.54 bits per heavy atom. The van der Waals surface area contributed by atoms with E-state index >= 15 is 0 Å². The van der Waals surface area contributed by atoms with E-state index in [-0.39, 0.29) is 17.2 Å². The highest BCUT2D eigenvalue weighted by Crippen LogP contribution is 2.29. The molecule has 0 aliphatic heterocycles. The quantitative estimate of drug-likeness (QED) is 0.358. The van der Waals surface area contributed by atoms with E-state index in [9.17, 15) is 14.7 Å². The van der Waals surface area contributed by atoms with Gasteiger partial charge >= 0.3 is 11.9 Å². The Morgan fingerprint density at radius 1 is 0.929 bits per heavy atom. The first kappa shape index (κ1) is 24.2. The highest BCUT2D eigenvalue weighted by Gasteiger charge is 2.28. The molecule has 0 aliphatic rings. The molecule has 0 spiro atoms. The number of benzene rings is 1. The third kappa shape index (κ3) is 7.65. The zero-order valence-corrected chi connectivity index (χ0v) is 18.1. The number of hydrogen-bond acceptors (Lipinski definition) is 3. The van der Waals surface area contributed by atoms with E-state index < -0.39 is 11.9 Å². The lowest BCUT2D eigenvalue weighted by atomic mass is 9.84. The normalized spacial score (nSPS) is 14.3. The number of unbranched alkanes of at least 4 members (excludes halogenated alkanes) is 2. The topological polar surface area (TPSA) is 63.6 Å². The number of carboxylic acid groups (broad SMARTS) is 1. The minimum atomic E-state index is -1.10. The van der Waals surface area contributed by atoms with Crippen LogP contribution in [0.25, 0.3) is 0 Å². The van der Waals surface area contributed by atoms with E-state index in [1.807, 2.05) is 0 Å². The molecule has 0 aliphatic carbocycles. The molecule has 0 bridgehead atoms. The Bertz CT molecular complexity index is 596. The molecule has 1 aromatic rings. The van der Waals surface area contributed by atoms with Crippen LogP contribution in [0.4, 0.5) is 0 Å². The molecular formula is C24H38O4. The van der Waals surface area contributed by atoms with Crippen LogP contribution in [0.3, 0.4) is 0 Å². The van der Waals surface area contributed by atoms with Crippen molar-refractivity contribution in [3.05, 3.63) is 35.4 Å². The highest BCUT2D eigenvalue weighted by molar-refractivity contribution is 6.02. The van der Waals surface area contributed by atoms with Crippen molar-refractivity contribution in [2.75, 3.05) is 0 Å². The summed E-state index contributed by atoms with van der Waals surface area (Å²) in [5, 5.41) is 9.39. The van der Waals surface area contributed by atoms with E-state index in [2.05, 4.69) is 27.7 Å². The largest absolute Gasteiger partial charge is 0.478 e. The van der Waals surface area contributed by atoms with Gasteiger partial charge in [-0.25, -0.2) is 9.59 Å². The maximum Gasteiger partial charge on any atom is 0.339 e. The fourth-order valence-electron chi connectivity index (χ4n) is 3.81. The van der Waals surface area contributed by atoms with Crippen molar-refractivity contribution in [1.82, 2.24) is 0 Å². The number of hydrogen-bond donors (Lipinski definition) is 1. The van der Waals surface area contributed by atoms with E-state index in [4.69, 9.17) is 4.74 Å². The van der Waals surface area contributed by atoms with E-state index in [0.29, 0.717) is 11.8 Å². The van der Waals surface area contributed by atoms with Gasteiger partial charge in [0.1, 0.15) is 6.10 Å². The Labute approximate surface area is 170 Å². The average Bonchev–Trinajstić information content (AvgIpc) is 2.71. The molecule has 0 amide bonds. The van der Waals surface area contributed by atoms with Gasteiger partial charge in [0.2, 0.25) is 0 Å². The fraction of sp³-hybridized carbons (Fsp3) is 0.667. The Balaban J connectivity index is 3.03. The van der Waals surface area contributed by atoms with Gasteiger partial charge < -0.3 is 9.84 Å². The van der Waals surface area contributed by atoms with Gasteiger partial charge in [-0.1, -0.05) is 78.4 Å². The van der Waals surface area contributed by atoms with Crippen LogP contribution in [0.5, 0.6) is 0 Å². The number of carbonyl (C=O) groups excluding carboxylic acids is 1. The summed E-state index contributed by atoms with van der Waals surface area (Å²) in [6, 6.07) is 6.32. The molecule has 1 rings (SSSR count). The van der Waals surface area contributed by atoms with Gasteiger partial charge in [0, 0.05) is 0 Å². The smallest absolute Gasteiger partial charge is 0.339 e. The van der Waals surface area contributed by atoms with E-state index in [1.165, 1.54) is 18.9 Å². The summed E-state index contributed by atoms with van der Waals surface area (Å²) >= 11 is 0. The van der Waals surface area contributed by atoms with Crippen molar-refractivity contribution in [3.8, 4) is 0 Å². The molecule has 1 N–H and O–H groups in total. The van der Waals surface area contributed by atoms with Crippen molar-refractivity contribution in [1.29, 1.82) is 0 Å². The second-order valence-electron chi connectivity index (χ2n) is 7.76. The maximum absolute atomic E-state index is 12.9. The van der Waals surface area contributed by atoms with Crippen LogP contribution in [-0.2, 0) is 4.74 Å². The molecule has 3 atom stereocenters. The molecular weight excluding hydrogens is 352 g/mol. The first-order valence-corrected chi connectivity index (χ1v) is 11.0. The van der Waals surface area contributed by atoms with Crippen LogP contribution in [0.15, 0.2) is 24.3 Å². The average molecular weight is 391 g/mol. The summed E-state index contributed by atoms with van der Waals surface area (Å²) in [5.41, 5.74) is 0.151. The van der Waals surface area contributed by atoms with Crippen molar-refractivity contribution in [3.63, 3.8) is 0 Å². The molecule has 0 saturated carbocycles. The van der Waals surface area contributed by atoms with Gasteiger partial charge in [-0.3, -0.25) is 0 Å². The lowest BCUT2D eigenvalue weighted by Gasteiger charge is -2.30. The molecule has 0 saturated heterocycles. The van der Waals surface area contributed by atoms with Gasteiger partial charge in [-0.05, 0) is 43.2 Å². The van der Waals surface area contributed by atoms with Crippen molar-refractivity contribution < 1.29 is 19.4 Å². The standard InChI is InChI=1S/C24H38O4/c1-5-9-13-18(7-3)17-22(19(8-4)14-10-6-2)28-24(27)21-16-12-11-15-20(21)23(25)26/h11-12,15-16,18-19,22H,5-10,13-14,17H2,1-4H3,(H,25,26). The summed E-state index contributed by atoms with van der Waals surface area (Å²) in [4.78, 5) is 24.4. The molecule has 0 fully saturated rings. The van der Waals surface area contributed by atoms with Crippen LogP contribution in [0.2, 0.25) is 0 Å². The highest BCUT2D eigenvalue weighted by atomic mass is 16.5. The number of ether oxygens (including phenoxy) is 1. The summed E-state index contributed by atoms with van der Waals surface area (Å²) in [6.07, 6.45) is 9.51. The molecule has 4 heteroatoms. The van der Waals surface area contributed by atoms with Gasteiger partial charge in [0.25, 0.3) is 0 Å². The van der Waals surface area contributed by atoms with Gasteiger partial charge in [-0.2, -0.15) is 0 Å². The molecule has 0 heterocycles. The zero-order chi connectivity index (χ0) is 20.9. The minimum Gasteiger partial charge on any atom is -0.478 e. The van der Waals surface area contributed by atoms with Gasteiger partial charge in [0.15, 0.2) is 0 Å². The summed E-state index contributed by atoms with van der Waals surface area (Å²) in [6.45, 7) is 8.72. The maximum atomic E-state index is 12.9. The summed E-state index contributed by atoms with van der Waals surface area (Å²) in [7, 11) is 0. The zero-order valence-electron chi connectivity index (χ0n) is 18.1. The van der Waals surface area contributed by atoms with Crippen LogP contribution in [-0.4, -0.2) is 23.1 Å². The number of rotatable bonds is 14. The third-order valence-electron chi connectivity index (χ3n) is 5.72. The first-order valence-electron chi connectivity index (χ1n) is 11.0. The molecule has 1 aromatic carbocycles. The fourth-order valence-corrected chi connectivity index (χ4v) is 3.81. The monoisotopic (exact) mass is 390 g/mol. The second kappa shape index (κ2) is 13.4. The molecule has 3 unspecified atom stereocenters. The SMILES string of the molecule is CCCCC(CC)CC(OC(=O)c1ccccc1C(=O)O)C(CC)CCCC. The first-order chi connectivity index (χ1) is 13.5. The van der Waals surface area contributed by atoms with Crippen LogP contribution in [0, 0.1) is 11.8 Å². The summed E-state index contributed by atoms with van der Waals surface area (Å²) < 4.78 is 5.99. The molecule has 0 aromatic heterocycles. The van der Waals surface area contributed by atoms with Crippen LogP contribution in [0.1, 0.15) is 106 Å². The second-order valence-corrected chi connectivity index (χ2v) is 7.76. The van der Waals surface area contributed by atoms with Gasteiger partial charge in [-0.15, -0.1) is 0 Å². The molecule has 4 nitrogen and oxygen atoms in total. The van der Waals surface area contributed by atoms with Crippen LogP contribution < -0.4 is 0 Å². The third-order valence-corrected chi connectivity index (χ3v) is 5.72. The van der Waals surface area contributed by atoms with Crippen LogP contribution >= 0.6 is 0 Å². The van der Waals surface area contributed by atoms with Crippen molar-refractivity contribution in [2.45, 2.75) is 91.6 Å². The summed E-state index contributed by atoms with van der Waals surface area (Å²) in [5.74, 6) is -0.764. The number of carboxylic acids is 1. The molecule has 28 heavy (non-hydrogen) atoms. The number of aromatic carboxylic acids is 1. The number of carbonyl (C=O) groups is 2. The van der Waals surface area contributed by atoms with Crippen molar-refractivity contribution in [2.24, 2.45) is 11.8 Å². The Hall–Kier alpha value is -1.84. The van der Waals surface area contributed by atoms with Gasteiger partial charge in [0.05, 0.1) is 11.1 Å². The lowest BCUT2D eigenvalue weighted by molar-refractivity contribution is 0.00192.